The fraction of sp³-hybridized carbons (Fsp3) is 0.500. The van der Waals surface area contributed by atoms with Gasteiger partial charge < -0.3 is 10.5 Å². The first kappa shape index (κ1) is 9.53. The molecule has 1 aromatic rings. The van der Waals surface area contributed by atoms with E-state index in [0.29, 0.717) is 0 Å². The van der Waals surface area contributed by atoms with Crippen LogP contribution in [0.5, 0.6) is 5.75 Å². The highest BCUT2D eigenvalue weighted by molar-refractivity contribution is 5.48. The van der Waals surface area contributed by atoms with Crippen LogP contribution in [0.3, 0.4) is 0 Å². The Hall–Kier alpha value is -1.02. The van der Waals surface area contributed by atoms with Crippen LogP contribution in [0.25, 0.3) is 0 Å². The van der Waals surface area contributed by atoms with Crippen LogP contribution in [0.1, 0.15) is 36.1 Å². The predicted molar refractivity (Wildman–Crippen MR) is 57.6 cm³/mol. The summed E-state index contributed by atoms with van der Waals surface area (Å²) in [6.07, 6.45) is 2.21. The monoisotopic (exact) mass is 191 g/mol. The van der Waals surface area contributed by atoms with Crippen molar-refractivity contribution in [1.29, 1.82) is 0 Å². The van der Waals surface area contributed by atoms with E-state index in [2.05, 4.69) is 19.1 Å². The molecule has 0 aliphatic carbocycles. The number of hydrogen-bond acceptors (Lipinski definition) is 2. The van der Waals surface area contributed by atoms with Crippen LogP contribution in [0.15, 0.2) is 12.1 Å². The fourth-order valence-electron chi connectivity index (χ4n) is 2.07. The summed E-state index contributed by atoms with van der Waals surface area (Å²) in [5.74, 6) is 1.08. The second-order valence-electron chi connectivity index (χ2n) is 4.02. The van der Waals surface area contributed by atoms with Gasteiger partial charge in [0.1, 0.15) is 5.75 Å². The van der Waals surface area contributed by atoms with E-state index in [1.54, 1.807) is 0 Å². The van der Waals surface area contributed by atoms with Crippen molar-refractivity contribution >= 4 is 0 Å². The van der Waals surface area contributed by atoms with E-state index in [4.69, 9.17) is 10.5 Å². The van der Waals surface area contributed by atoms with E-state index in [9.17, 15) is 0 Å². The van der Waals surface area contributed by atoms with Gasteiger partial charge in [0.15, 0.2) is 0 Å². The van der Waals surface area contributed by atoms with E-state index < -0.39 is 0 Å². The highest BCUT2D eigenvalue weighted by Gasteiger charge is 2.17. The molecular weight excluding hydrogens is 174 g/mol. The summed E-state index contributed by atoms with van der Waals surface area (Å²) < 4.78 is 5.69. The minimum absolute atomic E-state index is 0.103. The average molecular weight is 191 g/mol. The molecule has 0 saturated heterocycles. The minimum Gasteiger partial charge on any atom is -0.493 e. The lowest BCUT2D eigenvalue weighted by Gasteiger charge is -2.23. The van der Waals surface area contributed by atoms with Crippen LogP contribution in [0.2, 0.25) is 0 Å². The molecule has 0 fully saturated rings. The van der Waals surface area contributed by atoms with Gasteiger partial charge in [-0.15, -0.1) is 0 Å². The summed E-state index contributed by atoms with van der Waals surface area (Å²) in [6, 6.07) is 4.34. The lowest BCUT2D eigenvalue weighted by Crippen LogP contribution is -2.15. The van der Waals surface area contributed by atoms with E-state index >= 15 is 0 Å². The fourth-order valence-corrected chi connectivity index (χ4v) is 2.07. The zero-order valence-electron chi connectivity index (χ0n) is 8.84. The Morgan fingerprint density at radius 1 is 1.43 bits per heavy atom. The summed E-state index contributed by atoms with van der Waals surface area (Å²) in [7, 11) is 0. The first-order chi connectivity index (χ1) is 6.70. The van der Waals surface area contributed by atoms with Gasteiger partial charge >= 0.3 is 0 Å². The highest BCUT2D eigenvalue weighted by atomic mass is 16.5. The Morgan fingerprint density at radius 3 is 2.93 bits per heavy atom. The van der Waals surface area contributed by atoms with E-state index in [0.717, 1.165) is 25.2 Å². The molecular formula is C12H17NO. The number of fused-ring (bicyclic) bond motifs is 1. The van der Waals surface area contributed by atoms with E-state index in [-0.39, 0.29) is 6.04 Å². The van der Waals surface area contributed by atoms with Crippen molar-refractivity contribution in [2.45, 2.75) is 32.7 Å². The summed E-state index contributed by atoms with van der Waals surface area (Å²) >= 11 is 0. The van der Waals surface area contributed by atoms with Crippen LogP contribution in [0, 0.1) is 6.92 Å². The number of aryl methyl sites for hydroxylation is 1. The van der Waals surface area contributed by atoms with Gasteiger partial charge in [0.05, 0.1) is 6.61 Å². The van der Waals surface area contributed by atoms with Crippen LogP contribution < -0.4 is 10.5 Å². The maximum Gasteiger partial charge on any atom is 0.125 e. The molecule has 2 heteroatoms. The Balaban J connectivity index is 2.53. The van der Waals surface area contributed by atoms with Crippen LogP contribution in [0.4, 0.5) is 0 Å². The molecule has 1 aliphatic rings. The molecule has 2 nitrogen and oxygen atoms in total. The van der Waals surface area contributed by atoms with Crippen LogP contribution >= 0.6 is 0 Å². The molecule has 0 saturated carbocycles. The standard InChI is InChI=1S/C12H17NO/c1-8-5-6-10(9(2)13)11-4-3-7-14-12(8)11/h5-6,9H,3-4,7,13H2,1-2H3/t9-/m0/s1. The van der Waals surface area contributed by atoms with E-state index in [1.807, 2.05) is 6.92 Å². The molecule has 0 aromatic heterocycles. The van der Waals surface area contributed by atoms with Crippen molar-refractivity contribution in [2.75, 3.05) is 6.61 Å². The van der Waals surface area contributed by atoms with Gasteiger partial charge in [-0.05, 0) is 43.4 Å². The minimum atomic E-state index is 0.103. The van der Waals surface area contributed by atoms with Crippen molar-refractivity contribution in [1.82, 2.24) is 0 Å². The quantitative estimate of drug-likeness (QED) is 0.739. The Morgan fingerprint density at radius 2 is 2.21 bits per heavy atom. The molecule has 0 spiro atoms. The Bertz CT molecular complexity index is 344. The summed E-state index contributed by atoms with van der Waals surface area (Å²) in [5.41, 5.74) is 9.72. The van der Waals surface area contributed by atoms with Gasteiger partial charge in [-0.1, -0.05) is 12.1 Å². The number of hydrogen-bond donors (Lipinski definition) is 1. The zero-order chi connectivity index (χ0) is 10.1. The third-order valence-corrected chi connectivity index (χ3v) is 2.80. The summed E-state index contributed by atoms with van der Waals surface area (Å²) in [6.45, 7) is 4.96. The van der Waals surface area contributed by atoms with Crippen molar-refractivity contribution < 1.29 is 4.74 Å². The third kappa shape index (κ3) is 1.50. The van der Waals surface area contributed by atoms with Crippen molar-refractivity contribution in [3.63, 3.8) is 0 Å². The topological polar surface area (TPSA) is 35.2 Å². The largest absolute Gasteiger partial charge is 0.493 e. The van der Waals surface area contributed by atoms with Gasteiger partial charge in [0.25, 0.3) is 0 Å². The van der Waals surface area contributed by atoms with Gasteiger partial charge in [0.2, 0.25) is 0 Å². The predicted octanol–water partition coefficient (Wildman–Crippen LogP) is 2.34. The Labute approximate surface area is 85.1 Å². The number of benzene rings is 1. The molecule has 0 unspecified atom stereocenters. The first-order valence-corrected chi connectivity index (χ1v) is 5.21. The van der Waals surface area contributed by atoms with Gasteiger partial charge in [-0.2, -0.15) is 0 Å². The number of rotatable bonds is 1. The molecule has 1 aliphatic heterocycles. The van der Waals surface area contributed by atoms with Gasteiger partial charge in [-0.25, -0.2) is 0 Å². The number of ether oxygens (including phenoxy) is 1. The van der Waals surface area contributed by atoms with E-state index in [1.165, 1.54) is 16.7 Å². The van der Waals surface area contributed by atoms with Gasteiger partial charge in [-0.3, -0.25) is 0 Å². The molecule has 1 heterocycles. The second kappa shape index (κ2) is 3.62. The molecule has 2 rings (SSSR count). The van der Waals surface area contributed by atoms with Crippen LogP contribution in [-0.4, -0.2) is 6.61 Å². The maximum atomic E-state index is 5.93. The maximum absolute atomic E-state index is 5.93. The lowest BCUT2D eigenvalue weighted by molar-refractivity contribution is 0.285. The summed E-state index contributed by atoms with van der Waals surface area (Å²) in [4.78, 5) is 0. The lowest BCUT2D eigenvalue weighted by atomic mass is 9.94. The van der Waals surface area contributed by atoms with Crippen molar-refractivity contribution in [3.05, 3.63) is 28.8 Å². The summed E-state index contributed by atoms with van der Waals surface area (Å²) in [5, 5.41) is 0. The normalized spacial score (nSPS) is 17.1. The SMILES string of the molecule is Cc1ccc([C@H](C)N)c2c1OCCC2. The van der Waals surface area contributed by atoms with Crippen LogP contribution in [-0.2, 0) is 6.42 Å². The highest BCUT2D eigenvalue weighted by Crippen LogP contribution is 2.33. The molecule has 1 atom stereocenters. The van der Waals surface area contributed by atoms with Crippen molar-refractivity contribution in [3.8, 4) is 5.75 Å². The average Bonchev–Trinajstić information content (AvgIpc) is 2.18. The molecule has 76 valence electrons. The molecule has 0 radical (unpaired) electrons. The number of nitrogens with two attached hydrogens (primary N) is 1. The third-order valence-electron chi connectivity index (χ3n) is 2.80. The second-order valence-corrected chi connectivity index (χ2v) is 4.02. The molecule has 0 bridgehead atoms. The molecule has 0 amide bonds. The smallest absolute Gasteiger partial charge is 0.125 e. The molecule has 2 N–H and O–H groups in total. The Kier molecular flexibility index (Phi) is 2.46. The first-order valence-electron chi connectivity index (χ1n) is 5.21. The van der Waals surface area contributed by atoms with Gasteiger partial charge in [0, 0.05) is 6.04 Å². The van der Waals surface area contributed by atoms with Crippen molar-refractivity contribution in [2.24, 2.45) is 5.73 Å². The molecule has 14 heavy (non-hydrogen) atoms. The molecule has 1 aromatic carbocycles. The zero-order valence-corrected chi connectivity index (χ0v) is 8.84.